The van der Waals surface area contributed by atoms with E-state index in [1.54, 1.807) is 24.5 Å². The summed E-state index contributed by atoms with van der Waals surface area (Å²) in [5.74, 6) is 0.606. The molecular weight excluding hydrogens is 290 g/mol. The highest BCUT2D eigenvalue weighted by atomic mass is 16.4. The minimum absolute atomic E-state index is 0.394. The highest BCUT2D eigenvalue weighted by molar-refractivity contribution is 5.82. The van der Waals surface area contributed by atoms with Crippen LogP contribution in [0.25, 0.3) is 22.2 Å². The predicted molar refractivity (Wildman–Crippen MR) is 86.0 cm³/mol. The van der Waals surface area contributed by atoms with E-state index >= 15 is 0 Å². The minimum atomic E-state index is 0.394. The molecule has 0 atom stereocenters. The Morgan fingerprint density at radius 3 is 3.00 bits per heavy atom. The summed E-state index contributed by atoms with van der Waals surface area (Å²) in [6.07, 6.45) is 3.39. The van der Waals surface area contributed by atoms with Gasteiger partial charge in [0.25, 0.3) is 6.01 Å². The van der Waals surface area contributed by atoms with Gasteiger partial charge in [-0.3, -0.25) is 5.10 Å². The quantitative estimate of drug-likeness (QED) is 0.600. The van der Waals surface area contributed by atoms with E-state index in [4.69, 9.17) is 9.68 Å². The van der Waals surface area contributed by atoms with Gasteiger partial charge in [0.2, 0.25) is 0 Å². The van der Waals surface area contributed by atoms with E-state index in [0.717, 1.165) is 22.2 Å². The summed E-state index contributed by atoms with van der Waals surface area (Å²) in [7, 11) is 0. The average molecular weight is 301 g/mol. The number of rotatable bonds is 3. The highest BCUT2D eigenvalue weighted by Gasteiger charge is 2.08. The zero-order valence-electron chi connectivity index (χ0n) is 11.9. The maximum atomic E-state index is 8.96. The van der Waals surface area contributed by atoms with Gasteiger partial charge in [-0.1, -0.05) is 12.1 Å². The zero-order chi connectivity index (χ0) is 15.6. The largest absolute Gasteiger partial charge is 0.423 e. The van der Waals surface area contributed by atoms with Gasteiger partial charge in [0, 0.05) is 16.6 Å². The molecule has 0 spiro atoms. The van der Waals surface area contributed by atoms with Crippen LogP contribution in [0.5, 0.6) is 0 Å². The molecule has 110 valence electrons. The van der Waals surface area contributed by atoms with Crippen molar-refractivity contribution in [2.75, 3.05) is 5.32 Å². The molecule has 2 aromatic heterocycles. The van der Waals surface area contributed by atoms with E-state index in [0.29, 0.717) is 17.3 Å². The maximum Gasteiger partial charge on any atom is 0.299 e. The number of anilines is 2. The molecule has 0 aliphatic carbocycles. The Kier molecular flexibility index (Phi) is 3.03. The molecule has 0 bridgehead atoms. The monoisotopic (exact) mass is 301 g/mol. The van der Waals surface area contributed by atoms with Crippen LogP contribution in [0, 0.1) is 11.3 Å². The molecule has 0 amide bonds. The third kappa shape index (κ3) is 2.51. The molecular formula is C17H11N5O. The molecule has 6 nitrogen and oxygen atoms in total. The second-order valence-corrected chi connectivity index (χ2v) is 5.02. The number of hydrogen-bond acceptors (Lipinski definition) is 5. The summed E-state index contributed by atoms with van der Waals surface area (Å²) in [6.45, 7) is 0. The van der Waals surface area contributed by atoms with Crippen LogP contribution in [0.2, 0.25) is 0 Å². The maximum absolute atomic E-state index is 8.96. The lowest BCUT2D eigenvalue weighted by atomic mass is 10.1. The van der Waals surface area contributed by atoms with Crippen LogP contribution < -0.4 is 5.32 Å². The fourth-order valence-electron chi connectivity index (χ4n) is 2.35. The predicted octanol–water partition coefficient (Wildman–Crippen LogP) is 3.83. The highest BCUT2D eigenvalue weighted by Crippen LogP contribution is 2.26. The topological polar surface area (TPSA) is 90.5 Å². The first-order valence-electron chi connectivity index (χ1n) is 6.98. The van der Waals surface area contributed by atoms with Gasteiger partial charge in [-0.2, -0.15) is 10.4 Å². The number of aromatic amines is 1. The van der Waals surface area contributed by atoms with Gasteiger partial charge in [-0.15, -0.1) is 0 Å². The third-order valence-corrected chi connectivity index (χ3v) is 3.47. The van der Waals surface area contributed by atoms with Crippen LogP contribution in [0.15, 0.2) is 59.3 Å². The molecule has 0 aliphatic rings. The smallest absolute Gasteiger partial charge is 0.299 e. The molecule has 4 rings (SSSR count). The van der Waals surface area contributed by atoms with Gasteiger partial charge in [0.05, 0.1) is 29.5 Å². The molecule has 0 saturated heterocycles. The van der Waals surface area contributed by atoms with E-state index in [9.17, 15) is 0 Å². The number of hydrogen-bond donors (Lipinski definition) is 2. The van der Waals surface area contributed by atoms with E-state index in [1.807, 2.05) is 30.3 Å². The summed E-state index contributed by atoms with van der Waals surface area (Å²) < 4.78 is 5.71. The van der Waals surface area contributed by atoms with Crippen molar-refractivity contribution in [3.05, 3.63) is 60.4 Å². The second kappa shape index (κ2) is 5.31. The number of nitrogens with one attached hydrogen (secondary N) is 2. The van der Waals surface area contributed by atoms with Crippen LogP contribution in [0.3, 0.4) is 0 Å². The van der Waals surface area contributed by atoms with Crippen molar-refractivity contribution in [2.45, 2.75) is 0 Å². The number of aromatic nitrogens is 3. The summed E-state index contributed by atoms with van der Waals surface area (Å²) in [4.78, 5) is 4.23. The lowest BCUT2D eigenvalue weighted by Gasteiger charge is -2.01. The third-order valence-electron chi connectivity index (χ3n) is 3.47. The molecule has 6 heteroatoms. The van der Waals surface area contributed by atoms with Gasteiger partial charge in [0.1, 0.15) is 0 Å². The Morgan fingerprint density at radius 1 is 1.13 bits per heavy atom. The second-order valence-electron chi connectivity index (χ2n) is 5.02. The molecule has 0 aliphatic heterocycles. The summed E-state index contributed by atoms with van der Waals surface area (Å²) >= 11 is 0. The Morgan fingerprint density at radius 2 is 2.09 bits per heavy atom. The molecule has 2 aromatic carbocycles. The number of oxazole rings is 1. The van der Waals surface area contributed by atoms with Crippen molar-refractivity contribution in [1.29, 1.82) is 5.26 Å². The number of nitrogens with zero attached hydrogens (tertiary/aromatic N) is 3. The molecule has 2 heterocycles. The van der Waals surface area contributed by atoms with Crippen molar-refractivity contribution in [1.82, 2.24) is 15.2 Å². The fraction of sp³-hybridized carbons (Fsp3) is 0. The van der Waals surface area contributed by atoms with Gasteiger partial charge in [-0.05, 0) is 30.3 Å². The van der Waals surface area contributed by atoms with Crippen molar-refractivity contribution >= 4 is 22.6 Å². The number of nitriles is 1. The van der Waals surface area contributed by atoms with Gasteiger partial charge < -0.3 is 9.73 Å². The number of benzene rings is 2. The van der Waals surface area contributed by atoms with Crippen LogP contribution in [0.4, 0.5) is 11.7 Å². The molecule has 0 unspecified atom stereocenters. The van der Waals surface area contributed by atoms with Crippen LogP contribution in [-0.2, 0) is 0 Å². The number of H-pyrrole nitrogens is 1. The zero-order valence-corrected chi connectivity index (χ0v) is 11.9. The molecule has 4 aromatic rings. The Labute approximate surface area is 131 Å². The van der Waals surface area contributed by atoms with Gasteiger partial charge in [-0.25, -0.2) is 4.98 Å². The first-order chi connectivity index (χ1) is 11.3. The van der Waals surface area contributed by atoms with Crippen molar-refractivity contribution in [2.24, 2.45) is 0 Å². The SMILES string of the molecule is N#Cc1cccc(-c2cnc(Nc3ccc4[nH]ncc4c3)o2)c1. The van der Waals surface area contributed by atoms with Crippen LogP contribution in [0.1, 0.15) is 5.56 Å². The summed E-state index contributed by atoms with van der Waals surface area (Å²) in [6, 6.07) is 15.5. The van der Waals surface area contributed by atoms with E-state index in [1.165, 1.54) is 0 Å². The molecule has 0 radical (unpaired) electrons. The standard InChI is InChI=1S/C17H11N5O/c18-8-11-2-1-3-12(6-11)16-10-19-17(23-16)21-14-4-5-15-13(7-14)9-20-22-15/h1-7,9-10H,(H,19,21)(H,20,22). The van der Waals surface area contributed by atoms with Crippen LogP contribution >= 0.6 is 0 Å². The van der Waals surface area contributed by atoms with E-state index < -0.39 is 0 Å². The van der Waals surface area contributed by atoms with E-state index in [-0.39, 0.29) is 0 Å². The average Bonchev–Trinajstić information content (AvgIpc) is 3.24. The lowest BCUT2D eigenvalue weighted by molar-refractivity contribution is 0.592. The van der Waals surface area contributed by atoms with E-state index in [2.05, 4.69) is 26.6 Å². The number of fused-ring (bicyclic) bond motifs is 1. The van der Waals surface area contributed by atoms with Crippen molar-refractivity contribution in [3.63, 3.8) is 0 Å². The summed E-state index contributed by atoms with van der Waals surface area (Å²) in [5, 5.41) is 20.0. The molecule has 0 saturated carbocycles. The normalized spacial score (nSPS) is 10.6. The Bertz CT molecular complexity index is 1020. The Hall–Kier alpha value is -3.59. The summed E-state index contributed by atoms with van der Waals surface area (Å²) in [5.41, 5.74) is 3.23. The molecule has 0 fully saturated rings. The molecule has 23 heavy (non-hydrogen) atoms. The van der Waals surface area contributed by atoms with Crippen molar-refractivity contribution in [3.8, 4) is 17.4 Å². The van der Waals surface area contributed by atoms with Crippen molar-refractivity contribution < 1.29 is 4.42 Å². The first-order valence-corrected chi connectivity index (χ1v) is 6.98. The lowest BCUT2D eigenvalue weighted by Crippen LogP contribution is -1.89. The fourth-order valence-corrected chi connectivity index (χ4v) is 2.35. The first kappa shape index (κ1) is 13.1. The van der Waals surface area contributed by atoms with Gasteiger partial charge in [0.15, 0.2) is 5.76 Å². The molecule has 2 N–H and O–H groups in total. The minimum Gasteiger partial charge on any atom is -0.423 e. The Balaban J connectivity index is 1.61. The van der Waals surface area contributed by atoms with Crippen LogP contribution in [-0.4, -0.2) is 15.2 Å². The van der Waals surface area contributed by atoms with Gasteiger partial charge >= 0.3 is 0 Å².